The van der Waals surface area contributed by atoms with Crippen LogP contribution in [0.1, 0.15) is 13.3 Å². The molecule has 0 aliphatic rings. The van der Waals surface area contributed by atoms with E-state index in [9.17, 15) is 4.79 Å². The molecular formula is C14H21ClN2O3. The van der Waals surface area contributed by atoms with Crippen molar-refractivity contribution < 1.29 is 14.6 Å². The molecule has 0 unspecified atom stereocenters. The number of hydrogen-bond donors (Lipinski definition) is 2. The zero-order valence-electron chi connectivity index (χ0n) is 11.9. The fraction of sp³-hybridized carbons (Fsp3) is 0.500. The number of aliphatic hydroxyl groups excluding tert-OH is 1. The molecule has 1 rings (SSSR count). The summed E-state index contributed by atoms with van der Waals surface area (Å²) in [6, 6.07) is 5.11. The summed E-state index contributed by atoms with van der Waals surface area (Å²) in [4.78, 5) is 13.8. The molecule has 0 radical (unpaired) electrons. The second-order valence-electron chi connectivity index (χ2n) is 4.31. The van der Waals surface area contributed by atoms with E-state index in [1.54, 1.807) is 25.3 Å². The highest BCUT2D eigenvalue weighted by molar-refractivity contribution is 6.32. The van der Waals surface area contributed by atoms with E-state index in [4.69, 9.17) is 21.4 Å². The molecule has 0 saturated carbocycles. The van der Waals surface area contributed by atoms with Gasteiger partial charge in [-0.3, -0.25) is 4.79 Å². The van der Waals surface area contributed by atoms with Crippen LogP contribution in [0.5, 0.6) is 5.75 Å². The van der Waals surface area contributed by atoms with E-state index < -0.39 is 0 Å². The molecule has 0 saturated heterocycles. The number of halogens is 1. The van der Waals surface area contributed by atoms with Crippen molar-refractivity contribution in [2.45, 2.75) is 13.3 Å². The van der Waals surface area contributed by atoms with Gasteiger partial charge in [-0.05, 0) is 24.7 Å². The number of amides is 1. The average Bonchev–Trinajstić information content (AvgIpc) is 2.43. The van der Waals surface area contributed by atoms with Crippen molar-refractivity contribution in [1.82, 2.24) is 4.90 Å². The number of carbonyl (C=O) groups is 1. The van der Waals surface area contributed by atoms with E-state index in [2.05, 4.69) is 5.32 Å². The Hall–Kier alpha value is -1.30. The Labute approximate surface area is 124 Å². The number of nitrogens with one attached hydrogen (secondary N) is 1. The molecule has 5 nitrogen and oxygen atoms in total. The second kappa shape index (κ2) is 8.79. The van der Waals surface area contributed by atoms with Gasteiger partial charge in [0.25, 0.3) is 0 Å². The molecule has 1 aromatic carbocycles. The van der Waals surface area contributed by atoms with Crippen LogP contribution in [0, 0.1) is 0 Å². The molecule has 0 aliphatic carbocycles. The van der Waals surface area contributed by atoms with Crippen molar-refractivity contribution in [3.8, 4) is 5.75 Å². The molecule has 1 aromatic rings. The number of ether oxygens (including phenoxy) is 1. The first-order chi connectivity index (χ1) is 9.60. The largest absolute Gasteiger partial charge is 0.495 e. The van der Waals surface area contributed by atoms with Gasteiger partial charge < -0.3 is 20.1 Å². The molecule has 112 valence electrons. The van der Waals surface area contributed by atoms with Crippen LogP contribution in [0.25, 0.3) is 0 Å². The summed E-state index contributed by atoms with van der Waals surface area (Å²) in [5.74, 6) is 0.493. The Morgan fingerprint density at radius 1 is 1.45 bits per heavy atom. The molecule has 0 heterocycles. The van der Waals surface area contributed by atoms with Crippen molar-refractivity contribution in [1.29, 1.82) is 0 Å². The van der Waals surface area contributed by atoms with Crippen LogP contribution >= 0.6 is 11.6 Å². The highest BCUT2D eigenvalue weighted by atomic mass is 35.5. The molecule has 20 heavy (non-hydrogen) atoms. The summed E-state index contributed by atoms with van der Waals surface area (Å²) in [6.45, 7) is 4.10. The molecule has 0 atom stereocenters. The minimum absolute atomic E-state index is 0.0809. The first-order valence-corrected chi connectivity index (χ1v) is 6.95. The molecule has 0 spiro atoms. The van der Waals surface area contributed by atoms with Gasteiger partial charge in [-0.25, -0.2) is 0 Å². The molecule has 0 aromatic heterocycles. The number of benzene rings is 1. The van der Waals surface area contributed by atoms with Gasteiger partial charge in [-0.2, -0.15) is 0 Å². The normalized spacial score (nSPS) is 10.7. The Morgan fingerprint density at radius 2 is 2.20 bits per heavy atom. The Morgan fingerprint density at radius 3 is 2.75 bits per heavy atom. The minimum Gasteiger partial charge on any atom is -0.495 e. The van der Waals surface area contributed by atoms with Crippen LogP contribution in [0.2, 0.25) is 5.02 Å². The molecule has 0 bridgehead atoms. The molecule has 6 heteroatoms. The van der Waals surface area contributed by atoms with Crippen molar-refractivity contribution in [3.05, 3.63) is 23.2 Å². The van der Waals surface area contributed by atoms with Gasteiger partial charge in [0.1, 0.15) is 5.75 Å². The van der Waals surface area contributed by atoms with Gasteiger partial charge in [0.15, 0.2) is 0 Å². The van der Waals surface area contributed by atoms with E-state index >= 15 is 0 Å². The number of carbonyl (C=O) groups excluding carboxylic acids is 1. The van der Waals surface area contributed by atoms with Crippen LogP contribution < -0.4 is 10.1 Å². The van der Waals surface area contributed by atoms with Gasteiger partial charge in [0.2, 0.25) is 5.91 Å². The molecule has 2 N–H and O–H groups in total. The Bertz CT molecular complexity index is 440. The van der Waals surface area contributed by atoms with Crippen LogP contribution in [0.3, 0.4) is 0 Å². The van der Waals surface area contributed by atoms with Gasteiger partial charge in [0.05, 0.1) is 18.7 Å². The average molecular weight is 301 g/mol. The summed E-state index contributed by atoms with van der Waals surface area (Å²) < 4.78 is 5.05. The van der Waals surface area contributed by atoms with Gasteiger partial charge in [0, 0.05) is 25.2 Å². The Kier molecular flexibility index (Phi) is 7.36. The number of hydrogen-bond acceptors (Lipinski definition) is 4. The predicted molar refractivity (Wildman–Crippen MR) is 80.5 cm³/mol. The standard InChI is InChI=1S/C14H21ClN2O3/c1-3-17(8-9-18)7-6-14(19)16-11-4-5-13(20-2)12(15)10-11/h4-5,10,18H,3,6-9H2,1-2H3,(H,16,19). The quantitative estimate of drug-likeness (QED) is 0.771. The smallest absolute Gasteiger partial charge is 0.225 e. The molecular weight excluding hydrogens is 280 g/mol. The highest BCUT2D eigenvalue weighted by Crippen LogP contribution is 2.27. The van der Waals surface area contributed by atoms with E-state index in [1.807, 2.05) is 11.8 Å². The number of aliphatic hydroxyl groups is 1. The van der Waals surface area contributed by atoms with Gasteiger partial charge in [-0.15, -0.1) is 0 Å². The zero-order chi connectivity index (χ0) is 15.0. The third-order valence-electron chi connectivity index (χ3n) is 2.95. The fourth-order valence-corrected chi connectivity index (χ4v) is 2.05. The van der Waals surface area contributed by atoms with Gasteiger partial charge >= 0.3 is 0 Å². The number of nitrogens with zero attached hydrogens (tertiary/aromatic N) is 1. The summed E-state index contributed by atoms with van der Waals surface area (Å²) >= 11 is 5.99. The molecule has 0 fully saturated rings. The van der Waals surface area contributed by atoms with Crippen LogP contribution in [0.4, 0.5) is 5.69 Å². The monoisotopic (exact) mass is 300 g/mol. The minimum atomic E-state index is -0.0809. The summed E-state index contributed by atoms with van der Waals surface area (Å²) in [5.41, 5.74) is 0.644. The summed E-state index contributed by atoms with van der Waals surface area (Å²) in [7, 11) is 1.54. The number of anilines is 1. The van der Waals surface area contributed by atoms with E-state index in [1.165, 1.54) is 0 Å². The maximum atomic E-state index is 11.8. The number of rotatable bonds is 8. The van der Waals surface area contributed by atoms with E-state index in [0.717, 1.165) is 6.54 Å². The number of likely N-dealkylation sites (N-methyl/N-ethyl adjacent to an activating group) is 1. The third-order valence-corrected chi connectivity index (χ3v) is 3.25. The summed E-state index contributed by atoms with van der Waals surface area (Å²) in [6.07, 6.45) is 0.373. The first-order valence-electron chi connectivity index (χ1n) is 6.57. The lowest BCUT2D eigenvalue weighted by molar-refractivity contribution is -0.116. The van der Waals surface area contributed by atoms with Gasteiger partial charge in [-0.1, -0.05) is 18.5 Å². The zero-order valence-corrected chi connectivity index (χ0v) is 12.6. The maximum Gasteiger partial charge on any atom is 0.225 e. The fourth-order valence-electron chi connectivity index (χ4n) is 1.80. The maximum absolute atomic E-state index is 11.8. The predicted octanol–water partition coefficient (Wildman–Crippen LogP) is 1.99. The third kappa shape index (κ3) is 5.36. The van der Waals surface area contributed by atoms with Crippen LogP contribution in [-0.4, -0.2) is 49.3 Å². The van der Waals surface area contributed by atoms with Crippen molar-refractivity contribution in [2.24, 2.45) is 0 Å². The lowest BCUT2D eigenvalue weighted by Gasteiger charge is -2.18. The molecule has 0 aliphatic heterocycles. The van der Waals surface area contributed by atoms with E-state index in [-0.39, 0.29) is 12.5 Å². The van der Waals surface area contributed by atoms with Crippen molar-refractivity contribution in [3.63, 3.8) is 0 Å². The van der Waals surface area contributed by atoms with Crippen LogP contribution in [-0.2, 0) is 4.79 Å². The first kappa shape index (κ1) is 16.8. The van der Waals surface area contributed by atoms with Crippen LogP contribution in [0.15, 0.2) is 18.2 Å². The topological polar surface area (TPSA) is 61.8 Å². The van der Waals surface area contributed by atoms with E-state index in [0.29, 0.717) is 36.0 Å². The number of methoxy groups -OCH3 is 1. The lowest BCUT2D eigenvalue weighted by Crippen LogP contribution is -2.30. The molecule has 1 amide bonds. The van der Waals surface area contributed by atoms with Crippen molar-refractivity contribution in [2.75, 3.05) is 38.7 Å². The second-order valence-corrected chi connectivity index (χ2v) is 4.71. The highest BCUT2D eigenvalue weighted by Gasteiger charge is 2.08. The summed E-state index contributed by atoms with van der Waals surface area (Å²) in [5, 5.41) is 12.1. The SMILES string of the molecule is CCN(CCO)CCC(=O)Nc1ccc(OC)c(Cl)c1. The Balaban J connectivity index is 2.48. The lowest BCUT2D eigenvalue weighted by atomic mass is 10.2. The van der Waals surface area contributed by atoms with Crippen molar-refractivity contribution >= 4 is 23.2 Å².